The number of anilines is 1. The number of halogens is 1. The third-order valence-corrected chi connectivity index (χ3v) is 8.35. The van der Waals surface area contributed by atoms with Gasteiger partial charge in [0.05, 0.1) is 33.5 Å². The second-order valence-electron chi connectivity index (χ2n) is 6.33. The summed E-state index contributed by atoms with van der Waals surface area (Å²) >= 11 is 6.18. The maximum atomic E-state index is 12.3. The van der Waals surface area contributed by atoms with Gasteiger partial charge in [-0.05, 0) is 37.5 Å². The molecule has 1 aromatic rings. The van der Waals surface area contributed by atoms with E-state index in [1.165, 1.54) is 16.4 Å². The largest absolute Gasteiger partial charge is 0.348 e. The molecule has 1 atom stereocenters. The first-order valence-electron chi connectivity index (χ1n) is 7.99. The molecule has 0 spiro atoms. The van der Waals surface area contributed by atoms with E-state index in [1.807, 2.05) is 0 Å². The Bertz CT molecular complexity index is 898. The SMILES string of the molecule is O=C(N[C@@H]1CCS(=O)(=O)C1)c1ccc(N2CCCCS2(=O)=O)cc1Cl. The van der Waals surface area contributed by atoms with Gasteiger partial charge in [0.25, 0.3) is 5.91 Å². The molecule has 0 aliphatic carbocycles. The third-order valence-electron chi connectivity index (χ3n) is 4.40. The zero-order chi connectivity index (χ0) is 18.2. The first-order chi connectivity index (χ1) is 11.7. The highest BCUT2D eigenvalue weighted by molar-refractivity contribution is 7.92. The lowest BCUT2D eigenvalue weighted by Crippen LogP contribution is -2.38. The molecule has 2 heterocycles. The van der Waals surface area contributed by atoms with Crippen LogP contribution in [0.4, 0.5) is 5.69 Å². The van der Waals surface area contributed by atoms with E-state index in [0.29, 0.717) is 25.1 Å². The molecule has 0 aromatic heterocycles. The molecule has 0 radical (unpaired) electrons. The maximum Gasteiger partial charge on any atom is 0.253 e. The minimum Gasteiger partial charge on any atom is -0.348 e. The summed E-state index contributed by atoms with van der Waals surface area (Å²) in [7, 11) is -6.44. The summed E-state index contributed by atoms with van der Waals surface area (Å²) in [6.45, 7) is 0.393. The van der Waals surface area contributed by atoms with Crippen LogP contribution in [0.25, 0.3) is 0 Å². The molecule has 2 saturated heterocycles. The predicted molar refractivity (Wildman–Crippen MR) is 96.3 cm³/mol. The minimum absolute atomic E-state index is 0.0669. The van der Waals surface area contributed by atoms with Crippen molar-refractivity contribution in [2.24, 2.45) is 0 Å². The van der Waals surface area contributed by atoms with Gasteiger partial charge in [0, 0.05) is 12.6 Å². The van der Waals surface area contributed by atoms with Crippen LogP contribution in [-0.4, -0.2) is 52.6 Å². The topological polar surface area (TPSA) is 101 Å². The number of nitrogens with zero attached hydrogens (tertiary/aromatic N) is 1. The molecule has 2 aliphatic rings. The maximum absolute atomic E-state index is 12.3. The zero-order valence-corrected chi connectivity index (χ0v) is 15.8. The molecule has 1 aromatic carbocycles. The van der Waals surface area contributed by atoms with E-state index in [-0.39, 0.29) is 27.8 Å². The molecule has 0 unspecified atom stereocenters. The number of amides is 1. The van der Waals surface area contributed by atoms with E-state index >= 15 is 0 Å². The Kier molecular flexibility index (Phi) is 5.00. The quantitative estimate of drug-likeness (QED) is 0.812. The molecule has 138 valence electrons. The Morgan fingerprint density at radius 1 is 1.16 bits per heavy atom. The smallest absolute Gasteiger partial charge is 0.253 e. The fraction of sp³-hybridized carbons (Fsp3) is 0.533. The van der Waals surface area contributed by atoms with Crippen molar-refractivity contribution in [1.82, 2.24) is 5.32 Å². The van der Waals surface area contributed by atoms with Crippen LogP contribution in [0, 0.1) is 0 Å². The van der Waals surface area contributed by atoms with Gasteiger partial charge in [-0.25, -0.2) is 16.8 Å². The van der Waals surface area contributed by atoms with Crippen LogP contribution in [0.15, 0.2) is 18.2 Å². The average molecular weight is 407 g/mol. The molecular weight excluding hydrogens is 388 g/mol. The number of carbonyl (C=O) groups is 1. The third kappa shape index (κ3) is 4.09. The highest BCUT2D eigenvalue weighted by atomic mass is 35.5. The van der Waals surface area contributed by atoms with Gasteiger partial charge in [-0.3, -0.25) is 9.10 Å². The second-order valence-corrected chi connectivity index (χ2v) is 11.0. The summed E-state index contributed by atoms with van der Waals surface area (Å²) in [5, 5.41) is 2.81. The lowest BCUT2D eigenvalue weighted by molar-refractivity contribution is 0.0941. The fourth-order valence-electron chi connectivity index (χ4n) is 3.09. The molecule has 10 heteroatoms. The van der Waals surface area contributed by atoms with Crippen molar-refractivity contribution in [2.75, 3.05) is 28.1 Å². The molecule has 0 saturated carbocycles. The van der Waals surface area contributed by atoms with Gasteiger partial charge in [-0.2, -0.15) is 0 Å². The van der Waals surface area contributed by atoms with Crippen LogP contribution in [0.2, 0.25) is 5.02 Å². The molecule has 3 rings (SSSR count). The molecular formula is C15H19ClN2O5S2. The van der Waals surface area contributed by atoms with Crippen LogP contribution in [0.5, 0.6) is 0 Å². The van der Waals surface area contributed by atoms with E-state index in [1.54, 1.807) is 6.07 Å². The van der Waals surface area contributed by atoms with Crippen LogP contribution in [0.1, 0.15) is 29.6 Å². The molecule has 2 aliphatic heterocycles. The molecule has 1 amide bonds. The van der Waals surface area contributed by atoms with Crippen molar-refractivity contribution in [3.63, 3.8) is 0 Å². The lowest BCUT2D eigenvalue weighted by Gasteiger charge is -2.28. The number of sulfone groups is 1. The van der Waals surface area contributed by atoms with Gasteiger partial charge >= 0.3 is 0 Å². The fourth-order valence-corrected chi connectivity index (χ4v) is 6.66. The average Bonchev–Trinajstić information content (AvgIpc) is 2.85. The van der Waals surface area contributed by atoms with Gasteiger partial charge in [-0.1, -0.05) is 11.6 Å². The summed E-state index contributed by atoms with van der Waals surface area (Å²) < 4.78 is 48.5. The van der Waals surface area contributed by atoms with Crippen LogP contribution in [0.3, 0.4) is 0 Å². The lowest BCUT2D eigenvalue weighted by atomic mass is 10.1. The van der Waals surface area contributed by atoms with E-state index in [9.17, 15) is 21.6 Å². The Balaban J connectivity index is 1.77. The number of nitrogens with one attached hydrogen (secondary N) is 1. The van der Waals surface area contributed by atoms with Crippen molar-refractivity contribution in [3.8, 4) is 0 Å². The van der Waals surface area contributed by atoms with E-state index in [4.69, 9.17) is 11.6 Å². The Morgan fingerprint density at radius 3 is 2.52 bits per heavy atom. The molecule has 7 nitrogen and oxygen atoms in total. The van der Waals surface area contributed by atoms with E-state index in [2.05, 4.69) is 5.32 Å². The van der Waals surface area contributed by atoms with Gasteiger partial charge < -0.3 is 5.32 Å². The number of carbonyl (C=O) groups excluding carboxylic acids is 1. The summed E-state index contributed by atoms with van der Waals surface area (Å²) in [4.78, 5) is 12.3. The van der Waals surface area contributed by atoms with E-state index < -0.39 is 31.8 Å². The summed E-state index contributed by atoms with van der Waals surface area (Å²) in [6, 6.07) is 4.07. The van der Waals surface area contributed by atoms with E-state index in [0.717, 1.165) is 6.42 Å². The normalized spacial score (nSPS) is 24.8. The zero-order valence-electron chi connectivity index (χ0n) is 13.4. The summed E-state index contributed by atoms with van der Waals surface area (Å²) in [6.07, 6.45) is 1.79. The van der Waals surface area contributed by atoms with Crippen molar-refractivity contribution in [2.45, 2.75) is 25.3 Å². The monoisotopic (exact) mass is 406 g/mol. The van der Waals surface area contributed by atoms with Crippen LogP contribution in [-0.2, 0) is 19.9 Å². The number of hydrogen-bond acceptors (Lipinski definition) is 5. The molecule has 0 bridgehead atoms. The Morgan fingerprint density at radius 2 is 1.92 bits per heavy atom. The van der Waals surface area contributed by atoms with Gasteiger partial charge in [0.15, 0.2) is 9.84 Å². The molecule has 25 heavy (non-hydrogen) atoms. The van der Waals surface area contributed by atoms with Crippen molar-refractivity contribution in [3.05, 3.63) is 28.8 Å². The van der Waals surface area contributed by atoms with Crippen molar-refractivity contribution in [1.29, 1.82) is 0 Å². The molecule has 2 fully saturated rings. The Hall–Kier alpha value is -1.32. The minimum atomic E-state index is -3.35. The standard InChI is InChI=1S/C15H19ClN2O5S2/c16-14-9-12(18-6-1-2-7-25(18,22)23)3-4-13(14)15(19)17-11-5-8-24(20,21)10-11/h3-4,9,11H,1-2,5-8,10H2,(H,17,19)/t11-/m1/s1. The van der Waals surface area contributed by atoms with Crippen LogP contribution < -0.4 is 9.62 Å². The number of benzene rings is 1. The first kappa shape index (κ1) is 18.5. The van der Waals surface area contributed by atoms with Crippen molar-refractivity contribution < 1.29 is 21.6 Å². The molecule has 1 N–H and O–H groups in total. The first-order valence-corrected chi connectivity index (χ1v) is 11.8. The van der Waals surface area contributed by atoms with Gasteiger partial charge in [-0.15, -0.1) is 0 Å². The van der Waals surface area contributed by atoms with Crippen molar-refractivity contribution >= 4 is 43.1 Å². The predicted octanol–water partition coefficient (Wildman–Crippen LogP) is 1.19. The number of rotatable bonds is 3. The Labute approximate surface area is 152 Å². The van der Waals surface area contributed by atoms with Crippen LogP contribution >= 0.6 is 11.6 Å². The van der Waals surface area contributed by atoms with Gasteiger partial charge in [0.1, 0.15) is 0 Å². The summed E-state index contributed by atoms with van der Waals surface area (Å²) in [5.74, 6) is -0.360. The highest BCUT2D eigenvalue weighted by Gasteiger charge is 2.30. The highest BCUT2D eigenvalue weighted by Crippen LogP contribution is 2.28. The summed E-state index contributed by atoms with van der Waals surface area (Å²) in [5.41, 5.74) is 0.633. The van der Waals surface area contributed by atoms with Gasteiger partial charge in [0.2, 0.25) is 10.0 Å². The number of sulfonamides is 1. The second kappa shape index (κ2) is 6.77. The number of hydrogen-bond donors (Lipinski definition) is 1.